The van der Waals surface area contributed by atoms with Gasteiger partial charge in [0.1, 0.15) is 0 Å². The van der Waals surface area contributed by atoms with Gasteiger partial charge in [-0.3, -0.25) is 4.90 Å². The van der Waals surface area contributed by atoms with Crippen LogP contribution < -0.4 is 0 Å². The Labute approximate surface area is 92.5 Å². The van der Waals surface area contributed by atoms with E-state index in [1.54, 1.807) is 0 Å². The second-order valence-electron chi connectivity index (χ2n) is 4.48. The molecule has 15 heavy (non-hydrogen) atoms. The molecule has 4 heteroatoms. The average Bonchev–Trinajstić information content (AvgIpc) is 2.64. The average molecular weight is 216 g/mol. The van der Waals surface area contributed by atoms with Crippen LogP contribution in [0, 0.1) is 0 Å². The Hall–Kier alpha value is -0.160. The lowest BCUT2D eigenvalue weighted by molar-refractivity contribution is 0.0597. The molecule has 0 saturated carbocycles. The van der Waals surface area contributed by atoms with E-state index in [1.165, 1.54) is 19.4 Å². The molecule has 4 nitrogen and oxygen atoms in total. The van der Waals surface area contributed by atoms with E-state index < -0.39 is 6.10 Å². The molecule has 1 aliphatic heterocycles. The molecule has 1 rings (SSSR count). The lowest BCUT2D eigenvalue weighted by Crippen LogP contribution is -2.41. The Balaban J connectivity index is 2.27. The first-order chi connectivity index (χ1) is 7.17. The van der Waals surface area contributed by atoms with Crippen molar-refractivity contribution in [2.45, 2.75) is 31.9 Å². The first-order valence-corrected chi connectivity index (χ1v) is 5.88. The van der Waals surface area contributed by atoms with Crippen LogP contribution in [0.1, 0.15) is 19.8 Å². The normalized spacial score (nSPS) is 25.0. The molecule has 0 radical (unpaired) electrons. The molecule has 0 spiro atoms. The second kappa shape index (κ2) is 6.43. The molecular formula is C11H24N2O2. The van der Waals surface area contributed by atoms with Crippen LogP contribution in [0.15, 0.2) is 0 Å². The fraction of sp³-hybridized carbons (Fsp3) is 1.00. The minimum Gasteiger partial charge on any atom is -0.394 e. The van der Waals surface area contributed by atoms with Crippen LogP contribution in [-0.2, 0) is 0 Å². The Morgan fingerprint density at radius 1 is 1.53 bits per heavy atom. The van der Waals surface area contributed by atoms with Gasteiger partial charge in [-0.2, -0.15) is 0 Å². The Morgan fingerprint density at radius 3 is 2.87 bits per heavy atom. The molecule has 1 aliphatic rings. The summed E-state index contributed by atoms with van der Waals surface area (Å²) in [6.07, 6.45) is 1.94. The summed E-state index contributed by atoms with van der Waals surface area (Å²) in [6.45, 7) is 5.92. The SMILES string of the molecule is CCN1CCCC1CN(C)CC(O)CO. The van der Waals surface area contributed by atoms with Crippen molar-refractivity contribution in [3.8, 4) is 0 Å². The molecule has 1 saturated heterocycles. The molecule has 1 fully saturated rings. The summed E-state index contributed by atoms with van der Waals surface area (Å²) in [5.41, 5.74) is 0. The fourth-order valence-corrected chi connectivity index (χ4v) is 2.37. The Kier molecular flexibility index (Phi) is 5.53. The zero-order chi connectivity index (χ0) is 11.3. The van der Waals surface area contributed by atoms with Gasteiger partial charge in [-0.15, -0.1) is 0 Å². The molecule has 2 N–H and O–H groups in total. The van der Waals surface area contributed by atoms with Crippen LogP contribution in [0.25, 0.3) is 0 Å². The monoisotopic (exact) mass is 216 g/mol. The van der Waals surface area contributed by atoms with Crippen LogP contribution in [0.2, 0.25) is 0 Å². The van der Waals surface area contributed by atoms with Crippen molar-refractivity contribution < 1.29 is 10.2 Å². The molecule has 0 bridgehead atoms. The predicted molar refractivity (Wildman–Crippen MR) is 60.9 cm³/mol. The van der Waals surface area contributed by atoms with Crippen molar-refractivity contribution in [1.29, 1.82) is 0 Å². The van der Waals surface area contributed by atoms with E-state index in [0.717, 1.165) is 13.1 Å². The summed E-state index contributed by atoms with van der Waals surface area (Å²) in [4.78, 5) is 4.60. The molecule has 1 heterocycles. The highest BCUT2D eigenvalue weighted by Gasteiger charge is 2.24. The van der Waals surface area contributed by atoms with Gasteiger partial charge < -0.3 is 15.1 Å². The van der Waals surface area contributed by atoms with Gasteiger partial charge in [-0.1, -0.05) is 6.92 Å². The standard InChI is InChI=1S/C11H24N2O2/c1-3-13-6-4-5-10(13)7-12(2)8-11(15)9-14/h10-11,14-15H,3-9H2,1-2H3. The smallest absolute Gasteiger partial charge is 0.0897 e. The maximum atomic E-state index is 9.32. The fourth-order valence-electron chi connectivity index (χ4n) is 2.37. The summed E-state index contributed by atoms with van der Waals surface area (Å²) in [6, 6.07) is 0.630. The minimum absolute atomic E-state index is 0.146. The highest BCUT2D eigenvalue weighted by atomic mass is 16.3. The number of nitrogens with zero attached hydrogens (tertiary/aromatic N) is 2. The first kappa shape index (κ1) is 12.9. The quantitative estimate of drug-likeness (QED) is 0.643. The molecule has 0 aromatic heterocycles. The molecular weight excluding hydrogens is 192 g/mol. The van der Waals surface area contributed by atoms with Gasteiger partial charge in [0.25, 0.3) is 0 Å². The molecule has 90 valence electrons. The van der Waals surface area contributed by atoms with Gasteiger partial charge in [0.05, 0.1) is 12.7 Å². The third kappa shape index (κ3) is 4.07. The third-order valence-corrected chi connectivity index (χ3v) is 3.16. The van der Waals surface area contributed by atoms with Crippen LogP contribution in [0.4, 0.5) is 0 Å². The lowest BCUT2D eigenvalue weighted by Gasteiger charge is -2.28. The molecule has 0 aromatic carbocycles. The van der Waals surface area contributed by atoms with Gasteiger partial charge >= 0.3 is 0 Å². The van der Waals surface area contributed by atoms with E-state index >= 15 is 0 Å². The molecule has 0 amide bonds. The van der Waals surface area contributed by atoms with E-state index in [2.05, 4.69) is 16.7 Å². The van der Waals surface area contributed by atoms with E-state index in [9.17, 15) is 5.11 Å². The number of aliphatic hydroxyl groups excluding tert-OH is 2. The number of likely N-dealkylation sites (tertiary alicyclic amines) is 1. The van der Waals surface area contributed by atoms with Gasteiger partial charge in [0, 0.05) is 19.1 Å². The van der Waals surface area contributed by atoms with Gasteiger partial charge in [-0.05, 0) is 33.0 Å². The Morgan fingerprint density at radius 2 is 2.27 bits per heavy atom. The van der Waals surface area contributed by atoms with Crippen LogP contribution in [-0.4, -0.2) is 72.0 Å². The maximum absolute atomic E-state index is 9.32. The zero-order valence-electron chi connectivity index (χ0n) is 9.89. The highest BCUT2D eigenvalue weighted by Crippen LogP contribution is 2.17. The predicted octanol–water partition coefficient (Wildman–Crippen LogP) is -0.244. The van der Waals surface area contributed by atoms with Crippen LogP contribution >= 0.6 is 0 Å². The van der Waals surface area contributed by atoms with Crippen molar-refractivity contribution in [2.24, 2.45) is 0 Å². The summed E-state index contributed by atoms with van der Waals surface area (Å²) < 4.78 is 0. The summed E-state index contributed by atoms with van der Waals surface area (Å²) >= 11 is 0. The van der Waals surface area contributed by atoms with E-state index in [1.807, 2.05) is 7.05 Å². The summed E-state index contributed by atoms with van der Waals surface area (Å²) in [5.74, 6) is 0. The molecule has 2 atom stereocenters. The van der Waals surface area contributed by atoms with Crippen LogP contribution in [0.3, 0.4) is 0 Å². The van der Waals surface area contributed by atoms with E-state index in [0.29, 0.717) is 12.6 Å². The molecule has 0 aliphatic carbocycles. The van der Waals surface area contributed by atoms with Crippen molar-refractivity contribution in [3.05, 3.63) is 0 Å². The van der Waals surface area contributed by atoms with Gasteiger partial charge in [0.15, 0.2) is 0 Å². The highest BCUT2D eigenvalue weighted by molar-refractivity contribution is 4.80. The van der Waals surface area contributed by atoms with E-state index in [4.69, 9.17) is 5.11 Å². The van der Waals surface area contributed by atoms with Gasteiger partial charge in [-0.25, -0.2) is 0 Å². The summed E-state index contributed by atoms with van der Waals surface area (Å²) in [7, 11) is 2.00. The zero-order valence-corrected chi connectivity index (χ0v) is 9.89. The maximum Gasteiger partial charge on any atom is 0.0897 e. The molecule has 0 aromatic rings. The van der Waals surface area contributed by atoms with E-state index in [-0.39, 0.29) is 6.61 Å². The molecule has 2 unspecified atom stereocenters. The summed E-state index contributed by atoms with van der Waals surface area (Å²) in [5, 5.41) is 18.1. The minimum atomic E-state index is -0.605. The third-order valence-electron chi connectivity index (χ3n) is 3.16. The Bertz CT molecular complexity index is 178. The number of aliphatic hydroxyl groups is 2. The lowest BCUT2D eigenvalue weighted by atomic mass is 10.2. The number of hydrogen-bond acceptors (Lipinski definition) is 4. The van der Waals surface area contributed by atoms with Crippen molar-refractivity contribution in [1.82, 2.24) is 9.80 Å². The number of hydrogen-bond donors (Lipinski definition) is 2. The van der Waals surface area contributed by atoms with Crippen molar-refractivity contribution in [2.75, 3.05) is 39.8 Å². The largest absolute Gasteiger partial charge is 0.394 e. The van der Waals surface area contributed by atoms with Crippen molar-refractivity contribution in [3.63, 3.8) is 0 Å². The topological polar surface area (TPSA) is 46.9 Å². The van der Waals surface area contributed by atoms with Crippen LogP contribution in [0.5, 0.6) is 0 Å². The van der Waals surface area contributed by atoms with Gasteiger partial charge in [0.2, 0.25) is 0 Å². The number of likely N-dealkylation sites (N-methyl/N-ethyl adjacent to an activating group) is 2. The number of rotatable bonds is 6. The van der Waals surface area contributed by atoms with Crippen molar-refractivity contribution >= 4 is 0 Å². The second-order valence-corrected chi connectivity index (χ2v) is 4.48. The first-order valence-electron chi connectivity index (χ1n) is 5.88.